The SMILES string of the molecule is Fc1ccc(/C=N/n2cc(-c3ccccc3)nc2N(Cc2ccccc2)Cc2ccccc2)cc1.Fc1ccc(/C=N/n2cc(-c3ccccc3)nc2NCc2ccccc2)cc1.Nc1nc(-c2ccccc2)cn1/N=C/c1ccc(F)cc1. The van der Waals surface area contributed by atoms with Gasteiger partial charge >= 0.3 is 0 Å². The van der Waals surface area contributed by atoms with Gasteiger partial charge in [0.15, 0.2) is 0 Å². The number of imidazole rings is 3. The number of aromatic nitrogens is 6. The first-order valence-corrected chi connectivity index (χ1v) is 26.9. The molecule has 84 heavy (non-hydrogen) atoms. The van der Waals surface area contributed by atoms with Crippen LogP contribution in [0.3, 0.4) is 0 Å². The molecule has 0 aliphatic rings. The molecular weight excluding hydrogens is 1050 g/mol. The number of hydrogen-bond acceptors (Lipinski definition) is 9. The summed E-state index contributed by atoms with van der Waals surface area (Å²) in [6.07, 6.45) is 10.6. The number of rotatable bonds is 17. The van der Waals surface area contributed by atoms with E-state index in [1.165, 1.54) is 52.2 Å². The standard InChI is InChI=1S/C30H25FN4.C23H19FN4.C16H13FN4/c31-28-18-16-24(17-19-28)20-32-35-23-29(27-14-8-3-9-15-27)33-30(35)34(21-25-10-4-1-5-11-25)22-26-12-6-2-7-13-26;24-21-13-11-19(12-14-21)16-26-28-17-22(20-9-5-2-6-10-20)27-23(28)25-15-18-7-3-1-4-8-18;17-14-8-6-12(7-9-14)10-19-21-11-15(20-16(21)18)13-4-2-1-3-5-13/h1-20,23H,21-22H2;1-14,16-17H,15H2,(H,25,27);1-11H,(H2,18,20)/b32-20+;26-16+;19-10+. The predicted molar refractivity (Wildman–Crippen MR) is 332 cm³/mol. The molecule has 12 aromatic rings. The third-order valence-corrected chi connectivity index (χ3v) is 12.9. The summed E-state index contributed by atoms with van der Waals surface area (Å²) in [5, 5.41) is 16.8. The highest BCUT2D eigenvalue weighted by Crippen LogP contribution is 2.27. The molecule has 0 unspecified atom stereocenters. The van der Waals surface area contributed by atoms with Crippen molar-refractivity contribution in [3.8, 4) is 33.8 Å². The summed E-state index contributed by atoms with van der Waals surface area (Å²) in [6, 6.07) is 79.1. The Kier molecular flexibility index (Phi) is 18.9. The molecule has 15 heteroatoms. The topological polar surface area (TPSA) is 132 Å². The van der Waals surface area contributed by atoms with Crippen LogP contribution >= 0.6 is 0 Å². The molecule has 3 N–H and O–H groups in total. The highest BCUT2D eigenvalue weighted by Gasteiger charge is 2.18. The highest BCUT2D eigenvalue weighted by atomic mass is 19.1. The zero-order chi connectivity index (χ0) is 57.7. The second kappa shape index (κ2) is 28.3. The van der Waals surface area contributed by atoms with E-state index in [0.717, 1.165) is 62.0 Å². The van der Waals surface area contributed by atoms with Crippen LogP contribution in [-0.2, 0) is 19.6 Å². The molecule has 0 saturated carbocycles. The number of anilines is 3. The number of nitrogen functional groups attached to an aromatic ring is 1. The quantitative estimate of drug-likeness (QED) is 0.0873. The van der Waals surface area contributed by atoms with Crippen molar-refractivity contribution in [3.05, 3.63) is 324 Å². The van der Waals surface area contributed by atoms with Crippen LogP contribution in [0.4, 0.5) is 31.0 Å². The molecule has 0 fully saturated rings. The van der Waals surface area contributed by atoms with Crippen molar-refractivity contribution in [1.29, 1.82) is 0 Å². The van der Waals surface area contributed by atoms with Crippen molar-refractivity contribution in [2.45, 2.75) is 19.6 Å². The van der Waals surface area contributed by atoms with E-state index < -0.39 is 0 Å². The lowest BCUT2D eigenvalue weighted by Crippen LogP contribution is -2.25. The third kappa shape index (κ3) is 16.0. The van der Waals surface area contributed by atoms with E-state index in [9.17, 15) is 13.2 Å². The predicted octanol–water partition coefficient (Wildman–Crippen LogP) is 15.1. The molecule has 0 aliphatic heterocycles. The summed E-state index contributed by atoms with van der Waals surface area (Å²) >= 11 is 0. The molecule has 414 valence electrons. The van der Waals surface area contributed by atoms with E-state index in [1.54, 1.807) is 70.6 Å². The third-order valence-electron chi connectivity index (χ3n) is 12.9. The van der Waals surface area contributed by atoms with Crippen molar-refractivity contribution in [3.63, 3.8) is 0 Å². The first-order chi connectivity index (χ1) is 41.2. The number of benzene rings is 9. The van der Waals surface area contributed by atoms with E-state index in [-0.39, 0.29) is 17.5 Å². The molecule has 0 saturated heterocycles. The van der Waals surface area contributed by atoms with Gasteiger partial charge in [0, 0.05) is 36.3 Å². The maximum atomic E-state index is 13.4. The Labute approximate surface area is 485 Å². The summed E-state index contributed by atoms with van der Waals surface area (Å²) in [5.41, 5.74) is 17.2. The lowest BCUT2D eigenvalue weighted by Gasteiger charge is -2.23. The lowest BCUT2D eigenvalue weighted by molar-refractivity contribution is 0.627. The Morgan fingerprint density at radius 3 is 1.14 bits per heavy atom. The Balaban J connectivity index is 0.000000145. The van der Waals surface area contributed by atoms with E-state index in [2.05, 4.69) is 61.8 Å². The van der Waals surface area contributed by atoms with Crippen molar-refractivity contribution >= 4 is 36.5 Å². The first kappa shape index (κ1) is 56.1. The number of nitrogens with zero attached hydrogens (tertiary/aromatic N) is 10. The van der Waals surface area contributed by atoms with E-state index in [1.807, 2.05) is 158 Å². The summed E-state index contributed by atoms with van der Waals surface area (Å²) in [6.45, 7) is 1.98. The second-order valence-electron chi connectivity index (χ2n) is 19.0. The fourth-order valence-electron chi connectivity index (χ4n) is 8.58. The van der Waals surface area contributed by atoms with Gasteiger partial charge in [-0.1, -0.05) is 218 Å². The average molecular weight is 1110 g/mol. The van der Waals surface area contributed by atoms with Gasteiger partial charge in [-0.15, -0.1) is 0 Å². The number of nitrogens with one attached hydrogen (secondary N) is 1. The normalized spacial score (nSPS) is 11.1. The molecule has 0 amide bonds. The van der Waals surface area contributed by atoms with Crippen LogP contribution in [-0.4, -0.2) is 47.6 Å². The average Bonchev–Trinajstić information content (AvgIpc) is 4.35. The van der Waals surface area contributed by atoms with Crippen LogP contribution in [0.1, 0.15) is 33.4 Å². The van der Waals surface area contributed by atoms with Gasteiger partial charge in [-0.3, -0.25) is 0 Å². The van der Waals surface area contributed by atoms with Crippen LogP contribution in [0, 0.1) is 17.5 Å². The molecule has 0 spiro atoms. The van der Waals surface area contributed by atoms with Gasteiger partial charge in [0.05, 0.1) is 54.3 Å². The fourth-order valence-corrected chi connectivity index (χ4v) is 8.58. The minimum Gasteiger partial charge on any atom is -0.368 e. The summed E-state index contributed by atoms with van der Waals surface area (Å²) in [7, 11) is 0. The molecule has 12 rings (SSSR count). The summed E-state index contributed by atoms with van der Waals surface area (Å²) in [5.74, 6) is 0.856. The highest BCUT2D eigenvalue weighted by molar-refractivity contribution is 5.81. The molecule has 3 heterocycles. The Bertz CT molecular complexity index is 3980. The van der Waals surface area contributed by atoms with Crippen molar-refractivity contribution in [2.24, 2.45) is 15.3 Å². The largest absolute Gasteiger partial charge is 0.368 e. The number of hydrogen-bond donors (Lipinski definition) is 2. The van der Waals surface area contributed by atoms with Crippen LogP contribution < -0.4 is 16.0 Å². The van der Waals surface area contributed by atoms with Crippen LogP contribution in [0.2, 0.25) is 0 Å². The molecule has 9 aromatic carbocycles. The smallest absolute Gasteiger partial charge is 0.227 e. The Morgan fingerprint density at radius 2 is 0.714 bits per heavy atom. The molecule has 3 aromatic heterocycles. The summed E-state index contributed by atoms with van der Waals surface area (Å²) in [4.78, 5) is 16.2. The van der Waals surface area contributed by atoms with Crippen LogP contribution in [0.15, 0.2) is 289 Å². The van der Waals surface area contributed by atoms with Gasteiger partial charge in [-0.2, -0.15) is 15.3 Å². The van der Waals surface area contributed by atoms with E-state index >= 15 is 0 Å². The zero-order valence-electron chi connectivity index (χ0n) is 45.5. The minimum absolute atomic E-state index is 0.267. The van der Waals surface area contributed by atoms with E-state index in [4.69, 9.17) is 20.8 Å². The lowest BCUT2D eigenvalue weighted by atomic mass is 10.2. The fraction of sp³-hybridized carbons (Fsp3) is 0.0435. The molecule has 0 bridgehead atoms. The van der Waals surface area contributed by atoms with Gasteiger partial charge in [0.25, 0.3) is 0 Å². The van der Waals surface area contributed by atoms with E-state index in [0.29, 0.717) is 31.5 Å². The van der Waals surface area contributed by atoms with Crippen molar-refractivity contribution < 1.29 is 13.2 Å². The second-order valence-corrected chi connectivity index (χ2v) is 19.0. The zero-order valence-corrected chi connectivity index (χ0v) is 45.5. The van der Waals surface area contributed by atoms with Gasteiger partial charge in [0.2, 0.25) is 17.8 Å². The minimum atomic E-state index is -0.277. The molecule has 12 nitrogen and oxygen atoms in total. The first-order valence-electron chi connectivity index (χ1n) is 26.9. The molecule has 0 radical (unpaired) electrons. The van der Waals surface area contributed by atoms with Crippen molar-refractivity contribution in [2.75, 3.05) is 16.0 Å². The number of halogens is 3. The van der Waals surface area contributed by atoms with Gasteiger partial charge in [-0.25, -0.2) is 42.2 Å². The molecule has 0 aliphatic carbocycles. The van der Waals surface area contributed by atoms with Gasteiger partial charge < -0.3 is 16.0 Å². The maximum absolute atomic E-state index is 13.4. The maximum Gasteiger partial charge on any atom is 0.227 e. The molecule has 0 atom stereocenters. The van der Waals surface area contributed by atoms with Crippen LogP contribution in [0.25, 0.3) is 33.8 Å². The van der Waals surface area contributed by atoms with Gasteiger partial charge in [0.1, 0.15) is 17.5 Å². The number of nitrogens with two attached hydrogens (primary N) is 1. The van der Waals surface area contributed by atoms with Crippen LogP contribution in [0.5, 0.6) is 0 Å². The van der Waals surface area contributed by atoms with Crippen molar-refractivity contribution in [1.82, 2.24) is 29.0 Å². The Morgan fingerprint density at radius 1 is 0.381 bits per heavy atom. The Hall–Kier alpha value is -11.2. The monoisotopic (exact) mass is 1110 g/mol. The van der Waals surface area contributed by atoms with Gasteiger partial charge in [-0.05, 0) is 69.8 Å². The summed E-state index contributed by atoms with van der Waals surface area (Å²) < 4.78 is 44.3. The molecular formula is C69H57F3N12.